The molecule has 1 heterocycles. The predicted molar refractivity (Wildman–Crippen MR) is 82.8 cm³/mol. The van der Waals surface area contributed by atoms with Gasteiger partial charge in [0.25, 0.3) is 0 Å². The molecule has 2 aromatic rings. The van der Waals surface area contributed by atoms with Crippen LogP contribution in [-0.2, 0) is 21.1 Å². The van der Waals surface area contributed by atoms with Gasteiger partial charge in [0, 0.05) is 17.4 Å². The van der Waals surface area contributed by atoms with Crippen molar-refractivity contribution in [2.75, 3.05) is 12.0 Å². The number of benzene rings is 1. The second-order valence-corrected chi connectivity index (χ2v) is 8.10. The van der Waals surface area contributed by atoms with E-state index in [1.807, 2.05) is 29.6 Å². The number of hydrogen-bond donors (Lipinski definition) is 1. The van der Waals surface area contributed by atoms with Gasteiger partial charge >= 0.3 is 0 Å². The van der Waals surface area contributed by atoms with Gasteiger partial charge in [-0.2, -0.15) is 0 Å². The van der Waals surface area contributed by atoms with Crippen LogP contribution < -0.4 is 5.73 Å². The quantitative estimate of drug-likeness (QED) is 0.882. The number of sulfone groups is 1. The molecule has 1 aromatic heterocycles. The smallest absolute Gasteiger partial charge is 0.153 e. The SMILES string of the molecule is CS(=O)(=O)CCC(N)C(=O)Cc1csc2ccccc12. The molecule has 0 aliphatic rings. The van der Waals surface area contributed by atoms with Gasteiger partial charge in [0.15, 0.2) is 5.78 Å². The third kappa shape index (κ3) is 3.88. The Bertz CT molecular complexity index is 719. The third-order valence-corrected chi connectivity index (χ3v) is 5.13. The van der Waals surface area contributed by atoms with Gasteiger partial charge in [0.1, 0.15) is 9.84 Å². The summed E-state index contributed by atoms with van der Waals surface area (Å²) in [5.41, 5.74) is 6.74. The van der Waals surface area contributed by atoms with Crippen molar-refractivity contribution in [3.63, 3.8) is 0 Å². The number of rotatable bonds is 6. The number of carbonyl (C=O) groups excluding carboxylic acids is 1. The van der Waals surface area contributed by atoms with Gasteiger partial charge in [-0.25, -0.2) is 8.42 Å². The first-order chi connectivity index (χ1) is 9.37. The summed E-state index contributed by atoms with van der Waals surface area (Å²) >= 11 is 1.60. The molecule has 0 saturated heterocycles. The van der Waals surface area contributed by atoms with Crippen molar-refractivity contribution in [1.82, 2.24) is 0 Å². The number of ketones is 1. The van der Waals surface area contributed by atoms with Crippen LogP contribution in [-0.4, -0.2) is 32.3 Å². The lowest BCUT2D eigenvalue weighted by atomic mass is 10.0. The summed E-state index contributed by atoms with van der Waals surface area (Å²) in [5.74, 6) is -0.165. The number of Topliss-reactive ketones (excluding diaryl/α,β-unsaturated/α-hetero) is 1. The van der Waals surface area contributed by atoms with E-state index in [1.54, 1.807) is 11.3 Å². The molecule has 0 radical (unpaired) electrons. The molecule has 2 rings (SSSR count). The first-order valence-corrected chi connectivity index (χ1v) is 9.22. The summed E-state index contributed by atoms with van der Waals surface area (Å²) in [6.45, 7) is 0. The molecule has 1 atom stereocenters. The number of fused-ring (bicyclic) bond motifs is 1. The summed E-state index contributed by atoms with van der Waals surface area (Å²) in [6.07, 6.45) is 1.59. The predicted octanol–water partition coefficient (Wildman–Crippen LogP) is 1.77. The Morgan fingerprint density at radius 2 is 2.05 bits per heavy atom. The molecule has 4 nitrogen and oxygen atoms in total. The maximum absolute atomic E-state index is 12.1. The van der Waals surface area contributed by atoms with Crippen LogP contribution in [0.2, 0.25) is 0 Å². The Labute approximate surface area is 122 Å². The van der Waals surface area contributed by atoms with Crippen molar-refractivity contribution >= 4 is 37.0 Å². The summed E-state index contributed by atoms with van der Waals surface area (Å²) in [7, 11) is -3.08. The molecule has 2 N–H and O–H groups in total. The third-order valence-electron chi connectivity index (χ3n) is 3.14. The maximum Gasteiger partial charge on any atom is 0.153 e. The van der Waals surface area contributed by atoms with Gasteiger partial charge in [-0.15, -0.1) is 11.3 Å². The van der Waals surface area contributed by atoms with Crippen LogP contribution in [0.15, 0.2) is 29.6 Å². The molecule has 108 valence electrons. The van der Waals surface area contributed by atoms with Crippen LogP contribution in [0.5, 0.6) is 0 Å². The topological polar surface area (TPSA) is 77.2 Å². The van der Waals surface area contributed by atoms with Gasteiger partial charge in [0.05, 0.1) is 11.8 Å². The van der Waals surface area contributed by atoms with Crippen LogP contribution in [0, 0.1) is 0 Å². The molecule has 0 bridgehead atoms. The highest BCUT2D eigenvalue weighted by Gasteiger charge is 2.17. The first-order valence-electron chi connectivity index (χ1n) is 6.28. The molecule has 1 unspecified atom stereocenters. The van der Waals surface area contributed by atoms with E-state index in [-0.39, 0.29) is 24.4 Å². The monoisotopic (exact) mass is 311 g/mol. The van der Waals surface area contributed by atoms with Crippen LogP contribution >= 0.6 is 11.3 Å². The minimum atomic E-state index is -3.08. The van der Waals surface area contributed by atoms with Crippen molar-refractivity contribution in [2.45, 2.75) is 18.9 Å². The van der Waals surface area contributed by atoms with Crippen LogP contribution in [0.3, 0.4) is 0 Å². The minimum absolute atomic E-state index is 0.0513. The normalized spacial score (nSPS) is 13.5. The van der Waals surface area contributed by atoms with Crippen LogP contribution in [0.1, 0.15) is 12.0 Å². The van der Waals surface area contributed by atoms with Crippen molar-refractivity contribution in [2.24, 2.45) is 5.73 Å². The minimum Gasteiger partial charge on any atom is -0.321 e. The van der Waals surface area contributed by atoms with Gasteiger partial charge in [0.2, 0.25) is 0 Å². The lowest BCUT2D eigenvalue weighted by molar-refractivity contribution is -0.119. The maximum atomic E-state index is 12.1. The molecule has 6 heteroatoms. The first kappa shape index (κ1) is 15.2. The Morgan fingerprint density at radius 1 is 1.35 bits per heavy atom. The molecule has 0 fully saturated rings. The van der Waals surface area contributed by atoms with E-state index in [0.29, 0.717) is 0 Å². The van der Waals surface area contributed by atoms with E-state index in [0.717, 1.165) is 21.9 Å². The Morgan fingerprint density at radius 3 is 2.75 bits per heavy atom. The Kier molecular flexibility index (Phi) is 4.57. The fourth-order valence-electron chi connectivity index (χ4n) is 1.99. The molecule has 0 saturated carbocycles. The Hall–Kier alpha value is -1.24. The number of hydrogen-bond acceptors (Lipinski definition) is 5. The molecular weight excluding hydrogens is 294 g/mol. The Balaban J connectivity index is 2.04. The fraction of sp³-hybridized carbons (Fsp3) is 0.357. The standard InChI is InChI=1S/C14H17NO3S2/c1-20(17,18)7-6-12(15)13(16)8-10-9-19-14-5-3-2-4-11(10)14/h2-5,9,12H,6-8,15H2,1H3. The number of thiophene rings is 1. The summed E-state index contributed by atoms with van der Waals surface area (Å²) in [6, 6.07) is 7.17. The van der Waals surface area contributed by atoms with Crippen molar-refractivity contribution in [3.8, 4) is 0 Å². The summed E-state index contributed by atoms with van der Waals surface area (Å²) in [4.78, 5) is 12.1. The largest absolute Gasteiger partial charge is 0.321 e. The number of carbonyl (C=O) groups is 1. The second kappa shape index (κ2) is 6.03. The van der Waals surface area contributed by atoms with E-state index in [2.05, 4.69) is 0 Å². The zero-order valence-corrected chi connectivity index (χ0v) is 12.8. The highest BCUT2D eigenvalue weighted by atomic mass is 32.2. The van der Waals surface area contributed by atoms with Crippen LogP contribution in [0.25, 0.3) is 10.1 Å². The van der Waals surface area contributed by atoms with Crippen molar-refractivity contribution in [3.05, 3.63) is 35.2 Å². The van der Waals surface area contributed by atoms with Crippen LogP contribution in [0.4, 0.5) is 0 Å². The average Bonchev–Trinajstić information content (AvgIpc) is 2.78. The van der Waals surface area contributed by atoms with Gasteiger partial charge in [-0.05, 0) is 28.8 Å². The van der Waals surface area contributed by atoms with Crippen molar-refractivity contribution < 1.29 is 13.2 Å². The number of nitrogens with two attached hydrogens (primary N) is 1. The van der Waals surface area contributed by atoms with Gasteiger partial charge in [-0.1, -0.05) is 18.2 Å². The van der Waals surface area contributed by atoms with Gasteiger partial charge < -0.3 is 5.73 Å². The lowest BCUT2D eigenvalue weighted by Crippen LogP contribution is -2.33. The molecule has 0 aliphatic carbocycles. The highest BCUT2D eigenvalue weighted by molar-refractivity contribution is 7.90. The molecule has 20 heavy (non-hydrogen) atoms. The van der Waals surface area contributed by atoms with E-state index in [9.17, 15) is 13.2 Å². The molecule has 0 spiro atoms. The van der Waals surface area contributed by atoms with Gasteiger partial charge in [-0.3, -0.25) is 4.79 Å². The molecular formula is C14H17NO3S2. The zero-order valence-electron chi connectivity index (χ0n) is 11.2. The van der Waals surface area contributed by atoms with E-state index in [1.165, 1.54) is 0 Å². The van der Waals surface area contributed by atoms with E-state index < -0.39 is 15.9 Å². The highest BCUT2D eigenvalue weighted by Crippen LogP contribution is 2.26. The molecule has 0 amide bonds. The van der Waals surface area contributed by atoms with Crippen molar-refractivity contribution in [1.29, 1.82) is 0 Å². The molecule has 0 aliphatic heterocycles. The van der Waals surface area contributed by atoms with E-state index >= 15 is 0 Å². The fourth-order valence-corrected chi connectivity index (χ4v) is 3.64. The zero-order chi connectivity index (χ0) is 14.8. The lowest BCUT2D eigenvalue weighted by Gasteiger charge is -2.09. The average molecular weight is 311 g/mol. The molecule has 1 aromatic carbocycles. The van der Waals surface area contributed by atoms with E-state index in [4.69, 9.17) is 5.73 Å². The summed E-state index contributed by atoms with van der Waals surface area (Å²) in [5, 5.41) is 3.03. The second-order valence-electron chi connectivity index (χ2n) is 4.93. The summed E-state index contributed by atoms with van der Waals surface area (Å²) < 4.78 is 23.3.